The number of rotatable bonds is 4. The number of aryl methyl sites for hydroxylation is 1. The Morgan fingerprint density at radius 3 is 2.81 bits per heavy atom. The van der Waals surface area contributed by atoms with Gasteiger partial charge in [-0.05, 0) is 31.0 Å². The lowest BCUT2D eigenvalue weighted by Crippen LogP contribution is -2.05. The Morgan fingerprint density at radius 2 is 1.95 bits per heavy atom. The molecule has 0 bridgehead atoms. The first-order chi connectivity index (χ1) is 10.3. The highest BCUT2D eigenvalue weighted by Gasteiger charge is 2.08. The van der Waals surface area contributed by atoms with Crippen molar-refractivity contribution in [1.82, 2.24) is 15.0 Å². The van der Waals surface area contributed by atoms with E-state index < -0.39 is 0 Å². The summed E-state index contributed by atoms with van der Waals surface area (Å²) in [6.07, 6.45) is 4.78. The summed E-state index contributed by atoms with van der Waals surface area (Å²) in [5, 5.41) is 4.35. The normalized spacial score (nSPS) is 10.8. The van der Waals surface area contributed by atoms with Gasteiger partial charge in [0.2, 0.25) is 5.95 Å². The number of pyridine rings is 1. The van der Waals surface area contributed by atoms with Gasteiger partial charge in [-0.15, -0.1) is 0 Å². The number of fused-ring (bicyclic) bond motifs is 1. The van der Waals surface area contributed by atoms with Crippen molar-refractivity contribution in [3.8, 4) is 11.3 Å². The fraction of sp³-hybridized carbons (Fsp3) is 0.235. The van der Waals surface area contributed by atoms with Crippen LogP contribution in [-0.2, 0) is 0 Å². The lowest BCUT2D eigenvalue weighted by Gasteiger charge is -2.09. The van der Waals surface area contributed by atoms with Gasteiger partial charge in [0.25, 0.3) is 0 Å². The maximum atomic E-state index is 4.62. The molecule has 2 aromatic heterocycles. The van der Waals surface area contributed by atoms with E-state index in [4.69, 9.17) is 0 Å². The Hall–Kier alpha value is -2.49. The molecule has 0 fully saturated rings. The molecule has 3 aromatic rings. The van der Waals surface area contributed by atoms with Gasteiger partial charge in [0.1, 0.15) is 0 Å². The van der Waals surface area contributed by atoms with E-state index in [0.717, 1.165) is 40.7 Å². The smallest absolute Gasteiger partial charge is 0.223 e. The molecular weight excluding hydrogens is 260 g/mol. The third-order valence-corrected chi connectivity index (χ3v) is 3.37. The molecule has 0 saturated heterocycles. The van der Waals surface area contributed by atoms with Gasteiger partial charge >= 0.3 is 0 Å². The molecule has 4 nitrogen and oxygen atoms in total. The molecule has 0 amide bonds. The van der Waals surface area contributed by atoms with E-state index >= 15 is 0 Å². The second-order valence-corrected chi connectivity index (χ2v) is 5.07. The van der Waals surface area contributed by atoms with Crippen LogP contribution in [0.3, 0.4) is 0 Å². The van der Waals surface area contributed by atoms with Crippen molar-refractivity contribution in [2.45, 2.75) is 20.3 Å². The van der Waals surface area contributed by atoms with Crippen LogP contribution in [-0.4, -0.2) is 21.5 Å². The van der Waals surface area contributed by atoms with Crippen LogP contribution in [0.15, 0.2) is 42.7 Å². The molecule has 2 heterocycles. The predicted molar refractivity (Wildman–Crippen MR) is 86.3 cm³/mol. The topological polar surface area (TPSA) is 50.7 Å². The van der Waals surface area contributed by atoms with Crippen LogP contribution in [0.1, 0.15) is 18.9 Å². The highest BCUT2D eigenvalue weighted by molar-refractivity contribution is 5.83. The second kappa shape index (κ2) is 5.87. The highest BCUT2D eigenvalue weighted by Crippen LogP contribution is 2.24. The zero-order chi connectivity index (χ0) is 14.7. The van der Waals surface area contributed by atoms with E-state index in [0.29, 0.717) is 5.95 Å². The first kappa shape index (κ1) is 13.5. The Bertz CT molecular complexity index is 768. The summed E-state index contributed by atoms with van der Waals surface area (Å²) >= 11 is 0. The molecular formula is C17H18N4. The fourth-order valence-corrected chi connectivity index (χ4v) is 2.26. The molecule has 0 aliphatic carbocycles. The van der Waals surface area contributed by atoms with Crippen LogP contribution in [0.5, 0.6) is 0 Å². The van der Waals surface area contributed by atoms with Crippen molar-refractivity contribution in [2.24, 2.45) is 0 Å². The largest absolute Gasteiger partial charge is 0.354 e. The van der Waals surface area contributed by atoms with Gasteiger partial charge in [-0.1, -0.05) is 25.1 Å². The molecule has 21 heavy (non-hydrogen) atoms. The summed E-state index contributed by atoms with van der Waals surface area (Å²) < 4.78 is 0. The van der Waals surface area contributed by atoms with Gasteiger partial charge in [0.05, 0.1) is 11.2 Å². The van der Waals surface area contributed by atoms with Crippen molar-refractivity contribution in [1.29, 1.82) is 0 Å². The molecule has 3 rings (SSSR count). The molecule has 0 radical (unpaired) electrons. The van der Waals surface area contributed by atoms with Crippen molar-refractivity contribution in [3.05, 3.63) is 48.3 Å². The molecule has 0 aliphatic rings. The quantitative estimate of drug-likeness (QED) is 0.788. The van der Waals surface area contributed by atoms with Crippen LogP contribution in [0.4, 0.5) is 5.95 Å². The van der Waals surface area contributed by atoms with Crippen LogP contribution in [0, 0.1) is 6.92 Å². The summed E-state index contributed by atoms with van der Waals surface area (Å²) in [4.78, 5) is 13.5. The second-order valence-electron chi connectivity index (χ2n) is 5.07. The van der Waals surface area contributed by atoms with E-state index in [-0.39, 0.29) is 0 Å². The van der Waals surface area contributed by atoms with E-state index in [1.165, 1.54) is 0 Å². The summed E-state index contributed by atoms with van der Waals surface area (Å²) in [5.74, 6) is 0.672. The van der Waals surface area contributed by atoms with Crippen molar-refractivity contribution >= 4 is 16.9 Å². The van der Waals surface area contributed by atoms with E-state index in [2.05, 4.69) is 39.3 Å². The standard InChI is InChI=1S/C17H18N4/c1-3-8-18-17-20-10-12(2)16(21-17)14-9-13-6-4-5-7-15(13)19-11-14/h4-7,9-11H,3,8H2,1-2H3,(H,18,20,21). The summed E-state index contributed by atoms with van der Waals surface area (Å²) in [7, 11) is 0. The van der Waals surface area contributed by atoms with Gasteiger partial charge in [0, 0.05) is 29.9 Å². The monoisotopic (exact) mass is 278 g/mol. The van der Waals surface area contributed by atoms with Gasteiger partial charge in [0.15, 0.2) is 0 Å². The molecule has 0 atom stereocenters. The first-order valence-electron chi connectivity index (χ1n) is 7.20. The minimum atomic E-state index is 0.672. The Balaban J connectivity index is 2.04. The molecule has 0 aliphatic heterocycles. The third-order valence-electron chi connectivity index (χ3n) is 3.37. The number of aromatic nitrogens is 3. The molecule has 0 spiro atoms. The minimum Gasteiger partial charge on any atom is -0.354 e. The van der Waals surface area contributed by atoms with Gasteiger partial charge in [-0.2, -0.15) is 0 Å². The molecule has 0 saturated carbocycles. The number of hydrogen-bond donors (Lipinski definition) is 1. The van der Waals surface area contributed by atoms with Crippen LogP contribution in [0.25, 0.3) is 22.2 Å². The highest BCUT2D eigenvalue weighted by atomic mass is 15.1. The molecule has 106 valence electrons. The number of hydrogen-bond acceptors (Lipinski definition) is 4. The van der Waals surface area contributed by atoms with Gasteiger partial charge in [-0.3, -0.25) is 4.98 Å². The van der Waals surface area contributed by atoms with Crippen LogP contribution < -0.4 is 5.32 Å². The lowest BCUT2D eigenvalue weighted by molar-refractivity contribution is 0.950. The summed E-state index contributed by atoms with van der Waals surface area (Å²) in [6, 6.07) is 10.2. The van der Waals surface area contributed by atoms with Gasteiger partial charge in [-0.25, -0.2) is 9.97 Å². The number of nitrogens with one attached hydrogen (secondary N) is 1. The van der Waals surface area contributed by atoms with E-state index in [1.807, 2.05) is 37.5 Å². The first-order valence-corrected chi connectivity index (χ1v) is 7.20. The van der Waals surface area contributed by atoms with Crippen molar-refractivity contribution < 1.29 is 0 Å². The number of para-hydroxylation sites is 1. The van der Waals surface area contributed by atoms with Crippen LogP contribution >= 0.6 is 0 Å². The van der Waals surface area contributed by atoms with E-state index in [9.17, 15) is 0 Å². The third kappa shape index (κ3) is 2.84. The molecule has 0 unspecified atom stereocenters. The Labute approximate surface area is 124 Å². The molecule has 4 heteroatoms. The zero-order valence-electron chi connectivity index (χ0n) is 12.3. The maximum Gasteiger partial charge on any atom is 0.223 e. The Morgan fingerprint density at radius 1 is 1.10 bits per heavy atom. The minimum absolute atomic E-state index is 0.672. The average molecular weight is 278 g/mol. The maximum absolute atomic E-state index is 4.62. The average Bonchev–Trinajstić information content (AvgIpc) is 2.53. The van der Waals surface area contributed by atoms with Crippen molar-refractivity contribution in [2.75, 3.05) is 11.9 Å². The fourth-order valence-electron chi connectivity index (χ4n) is 2.26. The van der Waals surface area contributed by atoms with Crippen molar-refractivity contribution in [3.63, 3.8) is 0 Å². The number of nitrogens with zero attached hydrogens (tertiary/aromatic N) is 3. The zero-order valence-corrected chi connectivity index (χ0v) is 12.3. The SMILES string of the molecule is CCCNc1ncc(C)c(-c2cnc3ccccc3c2)n1. The van der Waals surface area contributed by atoms with Crippen LogP contribution in [0.2, 0.25) is 0 Å². The molecule has 1 aromatic carbocycles. The number of benzene rings is 1. The number of anilines is 1. The molecule has 1 N–H and O–H groups in total. The summed E-state index contributed by atoms with van der Waals surface area (Å²) in [5.41, 5.74) is 4.00. The predicted octanol–water partition coefficient (Wildman–Crippen LogP) is 3.82. The Kier molecular flexibility index (Phi) is 3.77. The summed E-state index contributed by atoms with van der Waals surface area (Å²) in [6.45, 7) is 5.02. The van der Waals surface area contributed by atoms with Gasteiger partial charge < -0.3 is 5.32 Å². The lowest BCUT2D eigenvalue weighted by atomic mass is 10.1. The van der Waals surface area contributed by atoms with E-state index in [1.54, 1.807) is 0 Å².